The molecule has 8 heteroatoms. The minimum Gasteiger partial charge on any atom is -0.368 e. The zero-order valence-corrected chi connectivity index (χ0v) is 17.4. The van der Waals surface area contributed by atoms with Gasteiger partial charge in [-0.3, -0.25) is 14.4 Å². The second-order valence-electron chi connectivity index (χ2n) is 8.40. The minimum absolute atomic E-state index is 0.0410. The van der Waals surface area contributed by atoms with Gasteiger partial charge < -0.3 is 25.4 Å². The standard InChI is InChI=1S/C21H33N3O5/c1-3-28-13-29-15-10-16-17(11-15)19(26)24(2)9-7-5-4-6-8-14-12-21(14,20(22)27)23-18(16)25/h6,8,14-17H,3-5,7,9-13H2,1-2H3,(H2,22,27)(H,23,25). The number of nitrogens with one attached hydrogen (secondary N) is 1. The fourth-order valence-electron chi connectivity index (χ4n) is 4.50. The fourth-order valence-corrected chi connectivity index (χ4v) is 4.50. The molecule has 2 fully saturated rings. The monoisotopic (exact) mass is 407 g/mol. The topological polar surface area (TPSA) is 111 Å². The molecule has 3 amide bonds. The summed E-state index contributed by atoms with van der Waals surface area (Å²) in [6, 6.07) is 0. The number of nitrogens with two attached hydrogens (primary N) is 1. The minimum atomic E-state index is -1.03. The van der Waals surface area contributed by atoms with Crippen molar-refractivity contribution in [2.24, 2.45) is 23.5 Å². The number of allylic oxidation sites excluding steroid dienone is 1. The van der Waals surface area contributed by atoms with Crippen molar-refractivity contribution in [3.63, 3.8) is 0 Å². The van der Waals surface area contributed by atoms with Crippen LogP contribution in [0.3, 0.4) is 0 Å². The van der Waals surface area contributed by atoms with Gasteiger partial charge in [-0.25, -0.2) is 0 Å². The Labute approximate surface area is 172 Å². The van der Waals surface area contributed by atoms with Gasteiger partial charge in [0, 0.05) is 26.1 Å². The third-order valence-corrected chi connectivity index (χ3v) is 6.42. The first-order chi connectivity index (χ1) is 13.9. The Hall–Kier alpha value is -1.93. The number of rotatable bonds is 5. The molecule has 0 saturated heterocycles. The normalized spacial score (nSPS) is 35.4. The van der Waals surface area contributed by atoms with Crippen molar-refractivity contribution in [3.05, 3.63) is 12.2 Å². The molecule has 0 aromatic rings. The highest BCUT2D eigenvalue weighted by molar-refractivity contribution is 5.96. The second kappa shape index (κ2) is 9.26. The summed E-state index contributed by atoms with van der Waals surface area (Å²) in [5.41, 5.74) is 4.61. The van der Waals surface area contributed by atoms with E-state index in [9.17, 15) is 14.4 Å². The smallest absolute Gasteiger partial charge is 0.243 e. The quantitative estimate of drug-likeness (QED) is 0.400. The number of primary amides is 1. The Morgan fingerprint density at radius 1 is 1.31 bits per heavy atom. The predicted molar refractivity (Wildman–Crippen MR) is 106 cm³/mol. The van der Waals surface area contributed by atoms with Gasteiger partial charge in [-0.2, -0.15) is 0 Å². The summed E-state index contributed by atoms with van der Waals surface area (Å²) in [5.74, 6) is -1.93. The van der Waals surface area contributed by atoms with Crippen LogP contribution in [-0.2, 0) is 23.9 Å². The van der Waals surface area contributed by atoms with Crippen molar-refractivity contribution in [3.8, 4) is 0 Å². The van der Waals surface area contributed by atoms with Crippen LogP contribution in [0.25, 0.3) is 0 Å². The lowest BCUT2D eigenvalue weighted by Gasteiger charge is -2.26. The molecule has 3 aliphatic rings. The molecule has 0 aromatic heterocycles. The molecule has 2 saturated carbocycles. The maximum Gasteiger partial charge on any atom is 0.243 e. The van der Waals surface area contributed by atoms with E-state index >= 15 is 0 Å². The predicted octanol–water partition coefficient (Wildman–Crippen LogP) is 0.951. The lowest BCUT2D eigenvalue weighted by molar-refractivity contribution is -0.140. The molecule has 2 aliphatic carbocycles. The van der Waals surface area contributed by atoms with Crippen LogP contribution < -0.4 is 11.1 Å². The summed E-state index contributed by atoms with van der Waals surface area (Å²) < 4.78 is 11.0. The van der Waals surface area contributed by atoms with Crippen molar-refractivity contribution >= 4 is 17.7 Å². The summed E-state index contributed by atoms with van der Waals surface area (Å²) in [4.78, 5) is 40.0. The van der Waals surface area contributed by atoms with Crippen LogP contribution in [-0.4, -0.2) is 61.3 Å². The van der Waals surface area contributed by atoms with Crippen LogP contribution in [0.15, 0.2) is 12.2 Å². The number of hydrogen-bond donors (Lipinski definition) is 2. The van der Waals surface area contributed by atoms with Gasteiger partial charge in [0.05, 0.1) is 17.9 Å². The van der Waals surface area contributed by atoms with Gasteiger partial charge in [0.15, 0.2) is 0 Å². The Kier molecular flexibility index (Phi) is 6.95. The van der Waals surface area contributed by atoms with Gasteiger partial charge in [-0.05, 0) is 45.4 Å². The summed E-state index contributed by atoms with van der Waals surface area (Å²) >= 11 is 0. The SMILES string of the molecule is CCOCOC1CC2C(=O)NC3(C(N)=O)CC3C=CCCCCN(C)C(=O)C2C1. The molecule has 1 aliphatic heterocycles. The summed E-state index contributed by atoms with van der Waals surface area (Å²) in [6.07, 6.45) is 7.96. The first-order valence-electron chi connectivity index (χ1n) is 10.6. The average Bonchev–Trinajstić information content (AvgIpc) is 3.21. The van der Waals surface area contributed by atoms with E-state index in [2.05, 4.69) is 5.32 Å². The molecule has 0 spiro atoms. The maximum absolute atomic E-state index is 13.1. The molecule has 162 valence electrons. The van der Waals surface area contributed by atoms with Crippen LogP contribution >= 0.6 is 0 Å². The van der Waals surface area contributed by atoms with E-state index < -0.39 is 23.3 Å². The van der Waals surface area contributed by atoms with Crippen molar-refractivity contribution in [1.29, 1.82) is 0 Å². The fraction of sp³-hybridized carbons (Fsp3) is 0.762. The highest BCUT2D eigenvalue weighted by Crippen LogP contribution is 2.46. The molecule has 5 atom stereocenters. The lowest BCUT2D eigenvalue weighted by atomic mass is 9.93. The number of ether oxygens (including phenoxy) is 2. The molecule has 8 nitrogen and oxygen atoms in total. The molecule has 3 rings (SSSR count). The van der Waals surface area contributed by atoms with Crippen molar-refractivity contribution < 1.29 is 23.9 Å². The molecular weight excluding hydrogens is 374 g/mol. The first kappa shape index (κ1) is 21.8. The van der Waals surface area contributed by atoms with Gasteiger partial charge in [0.25, 0.3) is 0 Å². The van der Waals surface area contributed by atoms with Crippen LogP contribution in [0, 0.1) is 17.8 Å². The third kappa shape index (κ3) is 4.80. The second-order valence-corrected chi connectivity index (χ2v) is 8.40. The largest absolute Gasteiger partial charge is 0.368 e. The van der Waals surface area contributed by atoms with Crippen LogP contribution in [0.5, 0.6) is 0 Å². The van der Waals surface area contributed by atoms with Gasteiger partial charge in [0.2, 0.25) is 17.7 Å². The third-order valence-electron chi connectivity index (χ3n) is 6.42. The number of hydrogen-bond acceptors (Lipinski definition) is 5. The molecule has 3 N–H and O–H groups in total. The zero-order chi connectivity index (χ0) is 21.0. The van der Waals surface area contributed by atoms with Crippen molar-refractivity contribution in [2.75, 3.05) is 27.0 Å². The molecule has 29 heavy (non-hydrogen) atoms. The van der Waals surface area contributed by atoms with E-state index in [1.54, 1.807) is 11.9 Å². The maximum atomic E-state index is 13.1. The highest BCUT2D eigenvalue weighted by atomic mass is 16.7. The van der Waals surface area contributed by atoms with E-state index in [0.717, 1.165) is 19.3 Å². The van der Waals surface area contributed by atoms with Crippen molar-refractivity contribution in [1.82, 2.24) is 10.2 Å². The van der Waals surface area contributed by atoms with E-state index in [-0.39, 0.29) is 30.6 Å². The number of carbonyl (C=O) groups excluding carboxylic acids is 3. The number of amides is 3. The Morgan fingerprint density at radius 3 is 2.79 bits per heavy atom. The number of carbonyl (C=O) groups is 3. The van der Waals surface area contributed by atoms with Crippen LogP contribution in [0.2, 0.25) is 0 Å². The van der Waals surface area contributed by atoms with E-state index in [0.29, 0.717) is 32.4 Å². The van der Waals surface area contributed by atoms with Crippen molar-refractivity contribution in [2.45, 2.75) is 57.1 Å². The Bertz CT molecular complexity index is 667. The average molecular weight is 408 g/mol. The lowest BCUT2D eigenvalue weighted by Crippen LogP contribution is -2.51. The molecular formula is C21H33N3O5. The molecule has 0 radical (unpaired) electrons. The molecule has 0 bridgehead atoms. The summed E-state index contributed by atoms with van der Waals surface area (Å²) in [5, 5.41) is 2.89. The first-order valence-corrected chi connectivity index (χ1v) is 10.6. The van der Waals surface area contributed by atoms with Gasteiger partial charge >= 0.3 is 0 Å². The summed E-state index contributed by atoms with van der Waals surface area (Å²) in [6.45, 7) is 3.23. The van der Waals surface area contributed by atoms with Gasteiger partial charge in [-0.15, -0.1) is 0 Å². The van der Waals surface area contributed by atoms with E-state index in [1.165, 1.54) is 0 Å². The molecule has 1 heterocycles. The summed E-state index contributed by atoms with van der Waals surface area (Å²) in [7, 11) is 1.79. The molecule has 5 unspecified atom stereocenters. The number of fused-ring (bicyclic) bond motifs is 2. The van der Waals surface area contributed by atoms with E-state index in [4.69, 9.17) is 15.2 Å². The number of nitrogens with zero attached hydrogens (tertiary/aromatic N) is 1. The highest BCUT2D eigenvalue weighted by Gasteiger charge is 2.60. The van der Waals surface area contributed by atoms with Crippen LogP contribution in [0.4, 0.5) is 0 Å². The zero-order valence-electron chi connectivity index (χ0n) is 17.4. The van der Waals surface area contributed by atoms with Gasteiger partial charge in [-0.1, -0.05) is 12.2 Å². The van der Waals surface area contributed by atoms with E-state index in [1.807, 2.05) is 19.1 Å². The Morgan fingerprint density at radius 2 is 2.07 bits per heavy atom. The van der Waals surface area contributed by atoms with Crippen LogP contribution in [0.1, 0.15) is 45.4 Å². The molecule has 0 aromatic carbocycles. The van der Waals surface area contributed by atoms with Gasteiger partial charge in [0.1, 0.15) is 12.3 Å². The Balaban J connectivity index is 1.79.